The normalized spacial score (nSPS) is 12.4. The van der Waals surface area contributed by atoms with E-state index in [1.807, 2.05) is 30.3 Å². The number of rotatable bonds is 5. The van der Waals surface area contributed by atoms with Gasteiger partial charge in [-0.15, -0.1) is 11.8 Å². The van der Waals surface area contributed by atoms with Gasteiger partial charge in [-0.3, -0.25) is 0 Å². The quantitative estimate of drug-likeness (QED) is 0.830. The second-order valence-corrected chi connectivity index (χ2v) is 5.22. The van der Waals surface area contributed by atoms with Crippen LogP contribution in [0.5, 0.6) is 0 Å². The van der Waals surface area contributed by atoms with E-state index in [0.29, 0.717) is 11.3 Å². The van der Waals surface area contributed by atoms with Crippen molar-refractivity contribution in [1.82, 2.24) is 5.32 Å². The summed E-state index contributed by atoms with van der Waals surface area (Å²) in [6.07, 6.45) is 0. The van der Waals surface area contributed by atoms with Crippen LogP contribution in [-0.4, -0.2) is 12.8 Å². The summed E-state index contributed by atoms with van der Waals surface area (Å²) in [4.78, 5) is 1.13. The van der Waals surface area contributed by atoms with E-state index in [-0.39, 0.29) is 6.04 Å². The Hall–Kier alpha value is -1.39. The maximum Gasteiger partial charge on any atom is 0.130 e. The first kappa shape index (κ1) is 14.0. The average Bonchev–Trinajstić information content (AvgIpc) is 2.42. The lowest BCUT2D eigenvalue weighted by Gasteiger charge is -2.17. The van der Waals surface area contributed by atoms with E-state index in [9.17, 15) is 8.78 Å². The van der Waals surface area contributed by atoms with Crippen LogP contribution < -0.4 is 5.32 Å². The third kappa shape index (κ3) is 3.78. The van der Waals surface area contributed by atoms with Crippen molar-refractivity contribution in [3.63, 3.8) is 0 Å². The van der Waals surface area contributed by atoms with Gasteiger partial charge in [-0.1, -0.05) is 24.3 Å². The van der Waals surface area contributed by atoms with Crippen molar-refractivity contribution in [3.05, 3.63) is 65.7 Å². The lowest BCUT2D eigenvalue weighted by molar-refractivity contribution is 0.545. The monoisotopic (exact) mass is 279 g/mol. The van der Waals surface area contributed by atoms with Crippen LogP contribution in [0.4, 0.5) is 8.78 Å². The van der Waals surface area contributed by atoms with Crippen LogP contribution in [0.25, 0.3) is 0 Å². The van der Waals surface area contributed by atoms with Crippen LogP contribution in [-0.2, 0) is 0 Å². The van der Waals surface area contributed by atoms with E-state index in [2.05, 4.69) is 5.32 Å². The van der Waals surface area contributed by atoms with Crippen molar-refractivity contribution in [2.75, 3.05) is 12.8 Å². The zero-order chi connectivity index (χ0) is 13.7. The topological polar surface area (TPSA) is 12.0 Å². The Kier molecular flexibility index (Phi) is 4.93. The number of hydrogen-bond acceptors (Lipinski definition) is 2. The Morgan fingerprint density at radius 3 is 2.47 bits per heavy atom. The van der Waals surface area contributed by atoms with Gasteiger partial charge in [-0.2, -0.15) is 0 Å². The highest BCUT2D eigenvalue weighted by Gasteiger charge is 2.14. The molecule has 19 heavy (non-hydrogen) atoms. The Labute approximate surface area is 116 Å². The predicted octanol–water partition coefficient (Wildman–Crippen LogP) is 4.02. The van der Waals surface area contributed by atoms with Crippen LogP contribution in [0.15, 0.2) is 53.4 Å². The van der Waals surface area contributed by atoms with Crippen molar-refractivity contribution in [2.45, 2.75) is 10.9 Å². The summed E-state index contributed by atoms with van der Waals surface area (Å²) in [5.41, 5.74) is 0.493. The van der Waals surface area contributed by atoms with Gasteiger partial charge in [0.05, 0.1) is 0 Å². The number of benzene rings is 2. The molecule has 0 amide bonds. The average molecular weight is 279 g/mol. The SMILES string of the molecule is CNC(CSc1ccccc1)c1ccc(F)cc1F. The van der Waals surface area contributed by atoms with Gasteiger partial charge in [0.25, 0.3) is 0 Å². The minimum atomic E-state index is -0.549. The summed E-state index contributed by atoms with van der Waals surface area (Å²) in [6, 6.07) is 13.5. The smallest absolute Gasteiger partial charge is 0.130 e. The molecule has 0 saturated heterocycles. The standard InChI is InChI=1S/C15H15F2NS/c1-18-15(10-19-12-5-3-2-4-6-12)13-8-7-11(16)9-14(13)17/h2-9,15,18H,10H2,1H3. The van der Waals surface area contributed by atoms with Gasteiger partial charge >= 0.3 is 0 Å². The van der Waals surface area contributed by atoms with Gasteiger partial charge in [0.15, 0.2) is 0 Å². The molecule has 0 aromatic heterocycles. The van der Waals surface area contributed by atoms with Gasteiger partial charge in [-0.05, 0) is 25.2 Å². The highest BCUT2D eigenvalue weighted by atomic mass is 32.2. The van der Waals surface area contributed by atoms with Crippen molar-refractivity contribution in [2.24, 2.45) is 0 Å². The maximum atomic E-state index is 13.7. The van der Waals surface area contributed by atoms with E-state index in [1.165, 1.54) is 12.1 Å². The number of hydrogen-bond donors (Lipinski definition) is 1. The zero-order valence-electron chi connectivity index (χ0n) is 10.6. The summed E-state index contributed by atoms with van der Waals surface area (Å²) in [5.74, 6) is -0.372. The first-order valence-electron chi connectivity index (χ1n) is 6.01. The van der Waals surface area contributed by atoms with Crippen molar-refractivity contribution in [3.8, 4) is 0 Å². The van der Waals surface area contributed by atoms with Crippen molar-refractivity contribution >= 4 is 11.8 Å². The molecule has 1 unspecified atom stereocenters. The third-order valence-electron chi connectivity index (χ3n) is 2.85. The molecule has 4 heteroatoms. The second-order valence-electron chi connectivity index (χ2n) is 4.13. The number of nitrogens with one attached hydrogen (secondary N) is 1. The molecule has 0 aliphatic rings. The largest absolute Gasteiger partial charge is 0.312 e. The molecule has 2 rings (SSSR count). The first-order chi connectivity index (χ1) is 9.20. The van der Waals surface area contributed by atoms with Crippen LogP contribution in [0.1, 0.15) is 11.6 Å². The zero-order valence-corrected chi connectivity index (χ0v) is 11.4. The fourth-order valence-electron chi connectivity index (χ4n) is 1.81. The fraction of sp³-hybridized carbons (Fsp3) is 0.200. The summed E-state index contributed by atoms with van der Waals surface area (Å²) in [5, 5.41) is 3.07. The molecule has 0 spiro atoms. The minimum absolute atomic E-state index is 0.147. The molecule has 2 aromatic carbocycles. The maximum absolute atomic E-state index is 13.7. The number of halogens is 2. The van der Waals surface area contributed by atoms with Gasteiger partial charge in [0, 0.05) is 28.3 Å². The molecule has 100 valence electrons. The molecular weight excluding hydrogens is 264 g/mol. The van der Waals surface area contributed by atoms with Crippen LogP contribution in [0, 0.1) is 11.6 Å². The molecule has 1 atom stereocenters. The van der Waals surface area contributed by atoms with Crippen molar-refractivity contribution < 1.29 is 8.78 Å². The summed E-state index contributed by atoms with van der Waals surface area (Å²) in [7, 11) is 1.78. The van der Waals surface area contributed by atoms with E-state index in [0.717, 1.165) is 11.0 Å². The van der Waals surface area contributed by atoms with Crippen molar-refractivity contribution in [1.29, 1.82) is 0 Å². The molecule has 0 bridgehead atoms. The lowest BCUT2D eigenvalue weighted by atomic mass is 10.1. The lowest BCUT2D eigenvalue weighted by Crippen LogP contribution is -2.20. The molecule has 2 aromatic rings. The van der Waals surface area contributed by atoms with Crippen LogP contribution >= 0.6 is 11.8 Å². The molecule has 0 fully saturated rings. The highest BCUT2D eigenvalue weighted by Crippen LogP contribution is 2.26. The number of thioether (sulfide) groups is 1. The van der Waals surface area contributed by atoms with Gasteiger partial charge in [0.1, 0.15) is 11.6 Å². The molecule has 0 heterocycles. The van der Waals surface area contributed by atoms with Gasteiger partial charge in [-0.25, -0.2) is 8.78 Å². The summed E-state index contributed by atoms with van der Waals surface area (Å²) in [6.45, 7) is 0. The summed E-state index contributed by atoms with van der Waals surface area (Å²) < 4.78 is 26.6. The molecule has 0 aliphatic carbocycles. The molecule has 0 radical (unpaired) electrons. The highest BCUT2D eigenvalue weighted by molar-refractivity contribution is 7.99. The summed E-state index contributed by atoms with van der Waals surface area (Å²) >= 11 is 1.64. The Morgan fingerprint density at radius 1 is 1.11 bits per heavy atom. The van der Waals surface area contributed by atoms with E-state index < -0.39 is 11.6 Å². The van der Waals surface area contributed by atoms with Gasteiger partial charge < -0.3 is 5.32 Å². The van der Waals surface area contributed by atoms with Crippen LogP contribution in [0.2, 0.25) is 0 Å². The Balaban J connectivity index is 2.08. The third-order valence-corrected chi connectivity index (χ3v) is 3.95. The Bertz CT molecular complexity index is 531. The van der Waals surface area contributed by atoms with E-state index >= 15 is 0 Å². The van der Waals surface area contributed by atoms with E-state index in [1.54, 1.807) is 18.8 Å². The molecule has 1 nitrogen and oxygen atoms in total. The molecule has 1 N–H and O–H groups in total. The second kappa shape index (κ2) is 6.68. The fourth-order valence-corrected chi connectivity index (χ4v) is 2.86. The first-order valence-corrected chi connectivity index (χ1v) is 6.99. The molecule has 0 aliphatic heterocycles. The van der Waals surface area contributed by atoms with E-state index in [4.69, 9.17) is 0 Å². The van der Waals surface area contributed by atoms with Gasteiger partial charge in [0.2, 0.25) is 0 Å². The Morgan fingerprint density at radius 2 is 1.84 bits per heavy atom. The minimum Gasteiger partial charge on any atom is -0.312 e. The molecule has 0 saturated carbocycles. The molecular formula is C15H15F2NS. The van der Waals surface area contributed by atoms with Crippen LogP contribution in [0.3, 0.4) is 0 Å². The predicted molar refractivity (Wildman–Crippen MR) is 75.3 cm³/mol.